The molecule has 1 aliphatic heterocycles. The normalized spacial score (nSPS) is 21.2. The first kappa shape index (κ1) is 21.1. The van der Waals surface area contributed by atoms with Crippen LogP contribution in [-0.4, -0.2) is 32.5 Å². The highest BCUT2D eigenvalue weighted by molar-refractivity contribution is 7.86. The first-order valence-corrected chi connectivity index (χ1v) is 10.4. The number of hydrogen-bond donors (Lipinski definition) is 0. The molecule has 1 aromatic carbocycles. The summed E-state index contributed by atoms with van der Waals surface area (Å²) in [5.41, 5.74) is -0.737. The molecule has 1 heterocycles. The molecule has 0 aliphatic carbocycles. The van der Waals surface area contributed by atoms with Crippen molar-refractivity contribution in [1.82, 2.24) is 0 Å². The molecular formula is C20H30O5S. The molecule has 26 heavy (non-hydrogen) atoms. The minimum Gasteiger partial charge on any atom is -0.353 e. The summed E-state index contributed by atoms with van der Waals surface area (Å²) in [6, 6.07) is 6.61. The Balaban J connectivity index is 2.09. The Labute approximate surface area is 157 Å². The molecular weight excluding hydrogens is 352 g/mol. The van der Waals surface area contributed by atoms with Crippen LogP contribution in [0.2, 0.25) is 0 Å². The van der Waals surface area contributed by atoms with Gasteiger partial charge < -0.3 is 9.47 Å². The van der Waals surface area contributed by atoms with Gasteiger partial charge in [-0.3, -0.25) is 4.18 Å². The van der Waals surface area contributed by atoms with E-state index in [2.05, 4.69) is 6.58 Å². The fourth-order valence-electron chi connectivity index (χ4n) is 3.19. The lowest BCUT2D eigenvalue weighted by Crippen LogP contribution is -2.42. The summed E-state index contributed by atoms with van der Waals surface area (Å²) < 4.78 is 42.5. The van der Waals surface area contributed by atoms with Crippen LogP contribution in [0.4, 0.5) is 0 Å². The molecule has 2 unspecified atom stereocenters. The van der Waals surface area contributed by atoms with Gasteiger partial charge in [-0.25, -0.2) is 0 Å². The van der Waals surface area contributed by atoms with Gasteiger partial charge in [0.2, 0.25) is 0 Å². The van der Waals surface area contributed by atoms with Crippen molar-refractivity contribution in [2.75, 3.05) is 6.61 Å². The molecule has 6 heteroatoms. The van der Waals surface area contributed by atoms with Crippen LogP contribution in [0.5, 0.6) is 0 Å². The average Bonchev–Trinajstić information content (AvgIpc) is 2.54. The summed E-state index contributed by atoms with van der Waals surface area (Å²) in [5.74, 6) is 0. The fraction of sp³-hybridized carbons (Fsp3) is 0.600. The SMILES string of the molecule is C=CC(C)(CC(C)(C)OS(=O)(=O)c1ccc(C)cc1)OC1CCCCO1. The average molecular weight is 383 g/mol. The Morgan fingerprint density at radius 2 is 1.88 bits per heavy atom. The van der Waals surface area contributed by atoms with Crippen LogP contribution in [0, 0.1) is 6.92 Å². The van der Waals surface area contributed by atoms with Crippen molar-refractivity contribution in [3.8, 4) is 0 Å². The number of ether oxygens (including phenoxy) is 2. The van der Waals surface area contributed by atoms with Gasteiger partial charge in [-0.15, -0.1) is 6.58 Å². The zero-order valence-electron chi connectivity index (χ0n) is 16.2. The maximum absolute atomic E-state index is 12.6. The van der Waals surface area contributed by atoms with E-state index >= 15 is 0 Å². The second-order valence-corrected chi connectivity index (χ2v) is 9.26. The fourth-order valence-corrected chi connectivity index (χ4v) is 4.41. The maximum atomic E-state index is 12.6. The highest BCUT2D eigenvalue weighted by Gasteiger charge is 2.38. The van der Waals surface area contributed by atoms with E-state index in [1.54, 1.807) is 44.2 Å². The van der Waals surface area contributed by atoms with E-state index in [9.17, 15) is 8.42 Å². The van der Waals surface area contributed by atoms with Crippen molar-refractivity contribution in [2.24, 2.45) is 0 Å². The number of aryl methyl sites for hydroxylation is 1. The van der Waals surface area contributed by atoms with Crippen molar-refractivity contribution in [3.05, 3.63) is 42.5 Å². The van der Waals surface area contributed by atoms with Gasteiger partial charge >= 0.3 is 0 Å². The number of benzene rings is 1. The van der Waals surface area contributed by atoms with E-state index < -0.39 is 21.3 Å². The van der Waals surface area contributed by atoms with E-state index in [1.165, 1.54) is 0 Å². The molecule has 0 bridgehead atoms. The van der Waals surface area contributed by atoms with Gasteiger partial charge in [0.25, 0.3) is 10.1 Å². The van der Waals surface area contributed by atoms with Gasteiger partial charge in [0.1, 0.15) is 0 Å². The molecule has 2 rings (SSSR count). The van der Waals surface area contributed by atoms with Gasteiger partial charge in [-0.1, -0.05) is 23.8 Å². The summed E-state index contributed by atoms with van der Waals surface area (Å²) in [5, 5.41) is 0. The third kappa shape index (κ3) is 5.91. The zero-order valence-corrected chi connectivity index (χ0v) is 17.0. The Morgan fingerprint density at radius 1 is 1.23 bits per heavy atom. The zero-order chi connectivity index (χ0) is 19.4. The van der Waals surface area contributed by atoms with E-state index in [4.69, 9.17) is 13.7 Å². The quantitative estimate of drug-likeness (QED) is 0.494. The highest BCUT2D eigenvalue weighted by Crippen LogP contribution is 2.33. The Hall–Kier alpha value is -1.21. The van der Waals surface area contributed by atoms with Crippen molar-refractivity contribution >= 4 is 10.1 Å². The minimum atomic E-state index is -3.87. The van der Waals surface area contributed by atoms with Crippen LogP contribution in [-0.2, 0) is 23.8 Å². The third-order valence-electron chi connectivity index (χ3n) is 4.39. The second-order valence-electron chi connectivity index (χ2n) is 7.72. The van der Waals surface area contributed by atoms with E-state index in [1.807, 2.05) is 13.8 Å². The van der Waals surface area contributed by atoms with Gasteiger partial charge in [0, 0.05) is 13.0 Å². The van der Waals surface area contributed by atoms with Crippen LogP contribution in [0.15, 0.2) is 41.8 Å². The van der Waals surface area contributed by atoms with Crippen LogP contribution in [0.3, 0.4) is 0 Å². The largest absolute Gasteiger partial charge is 0.353 e. The van der Waals surface area contributed by atoms with Gasteiger partial charge in [0.05, 0.1) is 16.1 Å². The van der Waals surface area contributed by atoms with Crippen molar-refractivity contribution in [1.29, 1.82) is 0 Å². The second kappa shape index (κ2) is 8.21. The molecule has 1 aromatic rings. The molecule has 2 atom stereocenters. The summed E-state index contributed by atoms with van der Waals surface area (Å²) in [7, 11) is -3.87. The predicted octanol–water partition coefficient (Wildman–Crippen LogP) is 4.36. The van der Waals surface area contributed by atoms with Crippen molar-refractivity contribution < 1.29 is 22.1 Å². The monoisotopic (exact) mass is 382 g/mol. The Bertz CT molecular complexity index is 702. The lowest BCUT2D eigenvalue weighted by molar-refractivity contribution is -0.214. The molecule has 1 saturated heterocycles. The van der Waals surface area contributed by atoms with Crippen LogP contribution >= 0.6 is 0 Å². The van der Waals surface area contributed by atoms with Crippen LogP contribution < -0.4 is 0 Å². The first-order valence-electron chi connectivity index (χ1n) is 9.01. The van der Waals surface area contributed by atoms with E-state index in [0.29, 0.717) is 13.0 Å². The topological polar surface area (TPSA) is 61.8 Å². The third-order valence-corrected chi connectivity index (χ3v) is 5.91. The first-order chi connectivity index (χ1) is 12.1. The van der Waals surface area contributed by atoms with E-state index in [-0.39, 0.29) is 11.2 Å². The molecule has 146 valence electrons. The standard InChI is InChI=1S/C20H30O5S/c1-6-20(5,24-18-9-7-8-14-23-18)15-19(3,4)25-26(21,22)17-12-10-16(2)11-13-17/h6,10-13,18H,1,7-9,14-15H2,2-5H3. The van der Waals surface area contributed by atoms with Crippen molar-refractivity contribution in [2.45, 2.75) is 75.8 Å². The summed E-state index contributed by atoms with van der Waals surface area (Å²) >= 11 is 0. The lowest BCUT2D eigenvalue weighted by atomic mass is 9.90. The molecule has 0 spiro atoms. The lowest BCUT2D eigenvalue weighted by Gasteiger charge is -2.38. The highest BCUT2D eigenvalue weighted by atomic mass is 32.2. The van der Waals surface area contributed by atoms with Crippen molar-refractivity contribution in [3.63, 3.8) is 0 Å². The van der Waals surface area contributed by atoms with E-state index in [0.717, 1.165) is 24.8 Å². The molecule has 5 nitrogen and oxygen atoms in total. The molecule has 1 fully saturated rings. The molecule has 0 N–H and O–H groups in total. The summed E-state index contributed by atoms with van der Waals surface area (Å²) in [6.45, 7) is 11.8. The predicted molar refractivity (Wildman–Crippen MR) is 101 cm³/mol. The Kier molecular flexibility index (Phi) is 6.66. The minimum absolute atomic E-state index is 0.146. The Morgan fingerprint density at radius 3 is 2.42 bits per heavy atom. The molecule has 0 radical (unpaired) electrons. The molecule has 1 aliphatic rings. The van der Waals surface area contributed by atoms with Gasteiger partial charge in [-0.2, -0.15) is 8.42 Å². The number of rotatable bonds is 8. The summed E-state index contributed by atoms with van der Waals surface area (Å²) in [4.78, 5) is 0.146. The van der Waals surface area contributed by atoms with Gasteiger partial charge in [-0.05, 0) is 59.1 Å². The summed E-state index contributed by atoms with van der Waals surface area (Å²) in [6.07, 6.45) is 4.64. The number of hydrogen-bond acceptors (Lipinski definition) is 5. The molecule has 0 saturated carbocycles. The van der Waals surface area contributed by atoms with Crippen LogP contribution in [0.1, 0.15) is 52.0 Å². The molecule has 0 amide bonds. The van der Waals surface area contributed by atoms with Gasteiger partial charge in [0.15, 0.2) is 6.29 Å². The smallest absolute Gasteiger partial charge is 0.297 e. The molecule has 0 aromatic heterocycles. The maximum Gasteiger partial charge on any atom is 0.297 e. The van der Waals surface area contributed by atoms with Crippen LogP contribution in [0.25, 0.3) is 0 Å².